The Morgan fingerprint density at radius 2 is 2.00 bits per heavy atom. The first-order valence-electron chi connectivity index (χ1n) is 8.17. The summed E-state index contributed by atoms with van der Waals surface area (Å²) < 4.78 is 49.1. The fourth-order valence-corrected chi connectivity index (χ4v) is 2.77. The molecule has 27 heavy (non-hydrogen) atoms. The molecule has 1 saturated heterocycles. The highest BCUT2D eigenvalue weighted by Gasteiger charge is 2.32. The highest BCUT2D eigenvalue weighted by Crippen LogP contribution is 2.31. The summed E-state index contributed by atoms with van der Waals surface area (Å²) in [6.07, 6.45) is -3.32. The SMILES string of the molecule is O=C(COc1ccc(Cl)cc1)N1CCC(Oc2cc(C(F)(F)F)ccn2)C1. The van der Waals surface area contributed by atoms with Gasteiger partial charge in [-0.15, -0.1) is 0 Å². The zero-order valence-corrected chi connectivity index (χ0v) is 14.8. The van der Waals surface area contributed by atoms with Crippen LogP contribution in [0.1, 0.15) is 12.0 Å². The molecule has 1 aliphatic heterocycles. The second-order valence-corrected chi connectivity index (χ2v) is 6.43. The summed E-state index contributed by atoms with van der Waals surface area (Å²) in [6.45, 7) is 0.559. The normalized spacial score (nSPS) is 17.0. The van der Waals surface area contributed by atoms with E-state index in [9.17, 15) is 18.0 Å². The molecular weight excluding hydrogens is 385 g/mol. The molecule has 0 N–H and O–H groups in total. The molecule has 0 spiro atoms. The summed E-state index contributed by atoms with van der Waals surface area (Å²) >= 11 is 5.78. The van der Waals surface area contributed by atoms with E-state index in [-0.39, 0.29) is 24.9 Å². The zero-order valence-electron chi connectivity index (χ0n) is 14.1. The van der Waals surface area contributed by atoms with E-state index in [0.29, 0.717) is 23.7 Å². The third kappa shape index (κ3) is 5.26. The Morgan fingerprint density at radius 3 is 2.70 bits per heavy atom. The van der Waals surface area contributed by atoms with Crippen molar-refractivity contribution in [1.82, 2.24) is 9.88 Å². The van der Waals surface area contributed by atoms with E-state index < -0.39 is 17.8 Å². The van der Waals surface area contributed by atoms with Crippen LogP contribution < -0.4 is 9.47 Å². The predicted molar refractivity (Wildman–Crippen MR) is 91.8 cm³/mol. The van der Waals surface area contributed by atoms with E-state index in [0.717, 1.165) is 18.3 Å². The number of alkyl halides is 3. The minimum Gasteiger partial charge on any atom is -0.484 e. The van der Waals surface area contributed by atoms with Gasteiger partial charge in [0, 0.05) is 30.3 Å². The Hall–Kier alpha value is -2.48. The van der Waals surface area contributed by atoms with Gasteiger partial charge in [-0.1, -0.05) is 11.6 Å². The van der Waals surface area contributed by atoms with Gasteiger partial charge in [-0.2, -0.15) is 13.2 Å². The maximum Gasteiger partial charge on any atom is 0.416 e. The van der Waals surface area contributed by atoms with E-state index in [1.165, 1.54) is 0 Å². The van der Waals surface area contributed by atoms with Gasteiger partial charge in [-0.3, -0.25) is 4.79 Å². The highest BCUT2D eigenvalue weighted by atomic mass is 35.5. The lowest BCUT2D eigenvalue weighted by Gasteiger charge is -2.17. The molecule has 144 valence electrons. The van der Waals surface area contributed by atoms with Gasteiger partial charge in [0.05, 0.1) is 12.1 Å². The molecule has 1 aromatic heterocycles. The minimum absolute atomic E-state index is 0.110. The van der Waals surface area contributed by atoms with Crippen LogP contribution >= 0.6 is 11.6 Å². The molecule has 0 radical (unpaired) electrons. The summed E-state index contributed by atoms with van der Waals surface area (Å²) in [5, 5.41) is 0.566. The van der Waals surface area contributed by atoms with Crippen LogP contribution in [0.4, 0.5) is 13.2 Å². The van der Waals surface area contributed by atoms with Crippen molar-refractivity contribution < 1.29 is 27.4 Å². The first-order chi connectivity index (χ1) is 12.8. The van der Waals surface area contributed by atoms with Crippen molar-refractivity contribution in [2.75, 3.05) is 19.7 Å². The monoisotopic (exact) mass is 400 g/mol. The van der Waals surface area contributed by atoms with E-state index >= 15 is 0 Å². The van der Waals surface area contributed by atoms with Crippen molar-refractivity contribution in [2.24, 2.45) is 0 Å². The molecule has 1 aliphatic rings. The van der Waals surface area contributed by atoms with E-state index in [1.807, 2.05) is 0 Å². The molecule has 1 unspecified atom stereocenters. The van der Waals surface area contributed by atoms with Crippen LogP contribution in [-0.2, 0) is 11.0 Å². The van der Waals surface area contributed by atoms with Crippen molar-refractivity contribution in [2.45, 2.75) is 18.7 Å². The van der Waals surface area contributed by atoms with Crippen molar-refractivity contribution in [3.8, 4) is 11.6 Å². The molecule has 1 atom stereocenters. The van der Waals surface area contributed by atoms with Gasteiger partial charge in [-0.05, 0) is 30.3 Å². The van der Waals surface area contributed by atoms with Gasteiger partial charge >= 0.3 is 6.18 Å². The Bertz CT molecular complexity index is 799. The lowest BCUT2D eigenvalue weighted by molar-refractivity contribution is -0.137. The number of halogens is 4. The van der Waals surface area contributed by atoms with Gasteiger partial charge in [0.15, 0.2) is 6.61 Å². The number of ether oxygens (including phenoxy) is 2. The Balaban J connectivity index is 1.51. The van der Waals surface area contributed by atoms with Gasteiger partial charge in [0.25, 0.3) is 5.91 Å². The largest absolute Gasteiger partial charge is 0.484 e. The third-order valence-corrected chi connectivity index (χ3v) is 4.28. The number of amides is 1. The topological polar surface area (TPSA) is 51.7 Å². The first kappa shape index (κ1) is 19.3. The molecule has 1 aromatic carbocycles. The second kappa shape index (κ2) is 8.04. The molecule has 0 saturated carbocycles. The highest BCUT2D eigenvalue weighted by molar-refractivity contribution is 6.30. The number of aromatic nitrogens is 1. The maximum absolute atomic E-state index is 12.7. The number of hydrogen-bond donors (Lipinski definition) is 0. The van der Waals surface area contributed by atoms with Gasteiger partial charge in [-0.25, -0.2) is 4.98 Å². The zero-order chi connectivity index (χ0) is 19.4. The number of carbonyl (C=O) groups is 1. The molecule has 0 aliphatic carbocycles. The Labute approximate surface area is 158 Å². The van der Waals surface area contributed by atoms with Crippen LogP contribution in [0.15, 0.2) is 42.6 Å². The van der Waals surface area contributed by atoms with Crippen molar-refractivity contribution in [3.63, 3.8) is 0 Å². The van der Waals surface area contributed by atoms with Gasteiger partial charge < -0.3 is 14.4 Å². The molecule has 9 heteroatoms. The molecule has 0 bridgehead atoms. The van der Waals surface area contributed by atoms with E-state index in [2.05, 4.69) is 4.98 Å². The number of rotatable bonds is 5. The third-order valence-electron chi connectivity index (χ3n) is 4.02. The summed E-state index contributed by atoms with van der Waals surface area (Å²) in [5.41, 5.74) is -0.824. The average molecular weight is 401 g/mol. The molecule has 1 fully saturated rings. The number of likely N-dealkylation sites (tertiary alicyclic amines) is 1. The Kier molecular flexibility index (Phi) is 5.74. The Morgan fingerprint density at radius 1 is 1.26 bits per heavy atom. The first-order valence-corrected chi connectivity index (χ1v) is 8.55. The van der Waals surface area contributed by atoms with Crippen LogP contribution in [0.3, 0.4) is 0 Å². The second-order valence-electron chi connectivity index (χ2n) is 5.99. The van der Waals surface area contributed by atoms with Crippen LogP contribution in [-0.4, -0.2) is 41.6 Å². The molecule has 2 aromatic rings. The van der Waals surface area contributed by atoms with Gasteiger partial charge in [0.2, 0.25) is 5.88 Å². The quantitative estimate of drug-likeness (QED) is 0.765. The van der Waals surface area contributed by atoms with Crippen LogP contribution in [0.25, 0.3) is 0 Å². The smallest absolute Gasteiger partial charge is 0.416 e. The number of hydrogen-bond acceptors (Lipinski definition) is 4. The summed E-state index contributed by atoms with van der Waals surface area (Å²) in [5.74, 6) is 0.183. The fourth-order valence-electron chi connectivity index (χ4n) is 2.64. The fraction of sp³-hybridized carbons (Fsp3) is 0.333. The van der Waals surface area contributed by atoms with Crippen molar-refractivity contribution in [1.29, 1.82) is 0 Å². The lowest BCUT2D eigenvalue weighted by atomic mass is 10.2. The van der Waals surface area contributed by atoms with Crippen LogP contribution in [0.2, 0.25) is 5.02 Å². The molecule has 1 amide bonds. The van der Waals surface area contributed by atoms with E-state index in [1.54, 1.807) is 29.2 Å². The molecule has 2 heterocycles. The average Bonchev–Trinajstić information content (AvgIpc) is 3.09. The molecule has 3 rings (SSSR count). The number of pyridine rings is 1. The summed E-state index contributed by atoms with van der Waals surface area (Å²) in [6, 6.07) is 8.36. The maximum atomic E-state index is 12.7. The lowest BCUT2D eigenvalue weighted by Crippen LogP contribution is -2.34. The number of nitrogens with zero attached hydrogens (tertiary/aromatic N) is 2. The van der Waals surface area contributed by atoms with Crippen molar-refractivity contribution in [3.05, 3.63) is 53.2 Å². The van der Waals surface area contributed by atoms with Crippen molar-refractivity contribution >= 4 is 17.5 Å². The van der Waals surface area contributed by atoms with Gasteiger partial charge in [0.1, 0.15) is 11.9 Å². The standard InChI is InChI=1S/C18H16ClF3N2O3/c19-13-1-3-14(4-2-13)26-11-17(25)24-8-6-15(10-24)27-16-9-12(5-7-23-16)18(20,21)22/h1-5,7,9,15H,6,8,10-11H2. The van der Waals surface area contributed by atoms with E-state index in [4.69, 9.17) is 21.1 Å². The predicted octanol–water partition coefficient (Wildman–Crippen LogP) is 3.81. The van der Waals surface area contributed by atoms with Crippen LogP contribution in [0.5, 0.6) is 11.6 Å². The number of benzene rings is 1. The number of carbonyl (C=O) groups excluding carboxylic acids is 1. The summed E-state index contributed by atoms with van der Waals surface area (Å²) in [7, 11) is 0. The molecular formula is C18H16ClF3N2O3. The summed E-state index contributed by atoms with van der Waals surface area (Å²) in [4.78, 5) is 17.6. The van der Waals surface area contributed by atoms with Crippen LogP contribution in [0, 0.1) is 0 Å². The molecule has 5 nitrogen and oxygen atoms in total. The minimum atomic E-state index is -4.46.